The summed E-state index contributed by atoms with van der Waals surface area (Å²) in [5.41, 5.74) is 2.23. The van der Waals surface area contributed by atoms with Crippen LogP contribution in [-0.2, 0) is 4.79 Å². The summed E-state index contributed by atoms with van der Waals surface area (Å²) in [6, 6.07) is 3.89. The van der Waals surface area contributed by atoms with Crippen molar-refractivity contribution in [3.05, 3.63) is 34.4 Å². The summed E-state index contributed by atoms with van der Waals surface area (Å²) in [5, 5.41) is 9.33. The Balaban J connectivity index is 3.33. The highest BCUT2D eigenvalue weighted by atomic mass is 16.4. The van der Waals surface area contributed by atoms with E-state index in [1.165, 1.54) is 4.90 Å². The number of aliphatic carboxylic acids is 1. The Morgan fingerprint density at radius 1 is 1.15 bits per heavy atom. The highest BCUT2D eigenvalue weighted by molar-refractivity contribution is 6.00. The smallest absolute Gasteiger partial charge is 0.329 e. The standard InChI is InChI=1S/C16H23NO3/c1-7-17(16(5,6)15(19)20)14(18)13-11(3)8-10(2)9-12(13)4/h8-9H,7H2,1-6H3,(H,19,20). The van der Waals surface area contributed by atoms with Gasteiger partial charge < -0.3 is 10.0 Å². The Kier molecular flexibility index (Phi) is 4.58. The average molecular weight is 277 g/mol. The van der Waals surface area contributed by atoms with Gasteiger partial charge in [0.2, 0.25) is 0 Å². The molecule has 1 rings (SSSR count). The van der Waals surface area contributed by atoms with Crippen LogP contribution in [0.25, 0.3) is 0 Å². The lowest BCUT2D eigenvalue weighted by molar-refractivity contribution is -0.147. The summed E-state index contributed by atoms with van der Waals surface area (Å²) in [4.78, 5) is 25.5. The zero-order valence-corrected chi connectivity index (χ0v) is 13.1. The molecule has 0 heterocycles. The molecule has 0 saturated carbocycles. The van der Waals surface area contributed by atoms with Crippen molar-refractivity contribution in [1.82, 2.24) is 4.90 Å². The van der Waals surface area contributed by atoms with E-state index in [1.807, 2.05) is 32.9 Å². The summed E-state index contributed by atoms with van der Waals surface area (Å²) in [5.74, 6) is -1.23. The fraction of sp³-hybridized carbons (Fsp3) is 0.500. The molecule has 0 aliphatic carbocycles. The number of hydrogen-bond donors (Lipinski definition) is 1. The second-order valence-corrected chi connectivity index (χ2v) is 5.69. The van der Waals surface area contributed by atoms with Gasteiger partial charge in [0, 0.05) is 12.1 Å². The minimum absolute atomic E-state index is 0.227. The van der Waals surface area contributed by atoms with Gasteiger partial charge in [-0.05, 0) is 52.7 Å². The Bertz CT molecular complexity index is 524. The lowest BCUT2D eigenvalue weighted by Crippen LogP contribution is -2.53. The Labute approximate surface area is 120 Å². The van der Waals surface area contributed by atoms with Crippen LogP contribution in [0.3, 0.4) is 0 Å². The molecule has 0 saturated heterocycles. The molecule has 0 aromatic heterocycles. The molecule has 4 nitrogen and oxygen atoms in total. The summed E-state index contributed by atoms with van der Waals surface area (Å²) >= 11 is 0. The minimum atomic E-state index is -1.23. The van der Waals surface area contributed by atoms with E-state index < -0.39 is 11.5 Å². The van der Waals surface area contributed by atoms with Crippen LogP contribution in [0.2, 0.25) is 0 Å². The zero-order valence-electron chi connectivity index (χ0n) is 13.1. The molecule has 4 heteroatoms. The van der Waals surface area contributed by atoms with Crippen LogP contribution in [0.15, 0.2) is 12.1 Å². The summed E-state index contributed by atoms with van der Waals surface area (Å²) in [6.45, 7) is 11.0. The molecular formula is C16H23NO3. The van der Waals surface area contributed by atoms with Gasteiger partial charge in [-0.15, -0.1) is 0 Å². The number of likely N-dealkylation sites (N-methyl/N-ethyl adjacent to an activating group) is 1. The molecule has 0 aliphatic rings. The molecule has 0 radical (unpaired) electrons. The number of nitrogens with zero attached hydrogens (tertiary/aromatic N) is 1. The van der Waals surface area contributed by atoms with Gasteiger partial charge in [0.25, 0.3) is 5.91 Å². The van der Waals surface area contributed by atoms with Crippen molar-refractivity contribution < 1.29 is 14.7 Å². The quantitative estimate of drug-likeness (QED) is 0.920. The van der Waals surface area contributed by atoms with Crippen LogP contribution < -0.4 is 0 Å². The summed E-state index contributed by atoms with van der Waals surface area (Å²) in [6.07, 6.45) is 0. The van der Waals surface area contributed by atoms with Crippen molar-refractivity contribution in [2.75, 3.05) is 6.54 Å². The number of carboxylic acids is 1. The number of carboxylic acid groups (broad SMARTS) is 1. The van der Waals surface area contributed by atoms with Gasteiger partial charge in [-0.2, -0.15) is 0 Å². The van der Waals surface area contributed by atoms with E-state index in [0.29, 0.717) is 12.1 Å². The van der Waals surface area contributed by atoms with Crippen molar-refractivity contribution >= 4 is 11.9 Å². The van der Waals surface area contributed by atoms with E-state index in [2.05, 4.69) is 0 Å². The first-order valence-electron chi connectivity index (χ1n) is 6.76. The topological polar surface area (TPSA) is 57.6 Å². The number of aryl methyl sites for hydroxylation is 3. The molecule has 1 aromatic carbocycles. The molecular weight excluding hydrogens is 254 g/mol. The van der Waals surface area contributed by atoms with Crippen LogP contribution in [0.4, 0.5) is 0 Å². The van der Waals surface area contributed by atoms with Crippen molar-refractivity contribution in [3.8, 4) is 0 Å². The van der Waals surface area contributed by atoms with E-state index >= 15 is 0 Å². The van der Waals surface area contributed by atoms with Gasteiger partial charge in [0.05, 0.1) is 0 Å². The zero-order chi connectivity index (χ0) is 15.7. The molecule has 0 aliphatic heterocycles. The molecule has 0 bridgehead atoms. The Hall–Kier alpha value is -1.84. The molecule has 0 spiro atoms. The number of carbonyl (C=O) groups excluding carboxylic acids is 1. The maximum Gasteiger partial charge on any atom is 0.329 e. The van der Waals surface area contributed by atoms with Crippen LogP contribution >= 0.6 is 0 Å². The third-order valence-electron chi connectivity index (χ3n) is 3.65. The maximum absolute atomic E-state index is 12.7. The second-order valence-electron chi connectivity index (χ2n) is 5.69. The second kappa shape index (κ2) is 5.65. The fourth-order valence-corrected chi connectivity index (χ4v) is 2.56. The molecule has 20 heavy (non-hydrogen) atoms. The Morgan fingerprint density at radius 2 is 1.60 bits per heavy atom. The van der Waals surface area contributed by atoms with Gasteiger partial charge in [0.15, 0.2) is 0 Å². The fourth-order valence-electron chi connectivity index (χ4n) is 2.56. The number of benzene rings is 1. The maximum atomic E-state index is 12.7. The molecule has 1 N–H and O–H groups in total. The van der Waals surface area contributed by atoms with Gasteiger partial charge in [-0.1, -0.05) is 17.7 Å². The van der Waals surface area contributed by atoms with Crippen molar-refractivity contribution in [2.45, 2.75) is 47.1 Å². The third kappa shape index (κ3) is 2.84. The predicted octanol–water partition coefficient (Wildman–Crippen LogP) is 2.94. The normalized spacial score (nSPS) is 11.3. The third-order valence-corrected chi connectivity index (χ3v) is 3.65. The largest absolute Gasteiger partial charge is 0.480 e. The number of carbonyl (C=O) groups is 2. The lowest BCUT2D eigenvalue weighted by atomic mass is 9.95. The monoisotopic (exact) mass is 277 g/mol. The summed E-state index contributed by atoms with van der Waals surface area (Å²) in [7, 11) is 0. The highest BCUT2D eigenvalue weighted by Crippen LogP contribution is 2.23. The molecule has 110 valence electrons. The van der Waals surface area contributed by atoms with Crippen molar-refractivity contribution in [3.63, 3.8) is 0 Å². The number of rotatable bonds is 4. The SMILES string of the molecule is CCN(C(=O)c1c(C)cc(C)cc1C)C(C)(C)C(=O)O. The van der Waals surface area contributed by atoms with Crippen LogP contribution in [-0.4, -0.2) is 34.0 Å². The first-order valence-corrected chi connectivity index (χ1v) is 6.76. The molecule has 1 aromatic rings. The molecule has 1 amide bonds. The molecule has 0 fully saturated rings. The summed E-state index contributed by atoms with van der Waals surface area (Å²) < 4.78 is 0. The number of amides is 1. The Morgan fingerprint density at radius 3 is 1.95 bits per heavy atom. The first-order chi connectivity index (χ1) is 9.12. The first kappa shape index (κ1) is 16.2. The predicted molar refractivity (Wildman–Crippen MR) is 79.1 cm³/mol. The van der Waals surface area contributed by atoms with Crippen LogP contribution in [0.1, 0.15) is 47.8 Å². The van der Waals surface area contributed by atoms with Gasteiger partial charge in [-0.3, -0.25) is 4.79 Å². The lowest BCUT2D eigenvalue weighted by Gasteiger charge is -2.35. The van der Waals surface area contributed by atoms with Crippen LogP contribution in [0, 0.1) is 20.8 Å². The van der Waals surface area contributed by atoms with E-state index in [0.717, 1.165) is 16.7 Å². The van der Waals surface area contributed by atoms with Gasteiger partial charge in [-0.25, -0.2) is 4.79 Å². The van der Waals surface area contributed by atoms with E-state index in [-0.39, 0.29) is 5.91 Å². The van der Waals surface area contributed by atoms with E-state index in [9.17, 15) is 14.7 Å². The van der Waals surface area contributed by atoms with Crippen LogP contribution in [0.5, 0.6) is 0 Å². The average Bonchev–Trinajstić information content (AvgIpc) is 2.27. The minimum Gasteiger partial charge on any atom is -0.480 e. The van der Waals surface area contributed by atoms with Gasteiger partial charge >= 0.3 is 5.97 Å². The van der Waals surface area contributed by atoms with E-state index in [4.69, 9.17) is 0 Å². The van der Waals surface area contributed by atoms with Gasteiger partial charge in [0.1, 0.15) is 5.54 Å². The highest BCUT2D eigenvalue weighted by Gasteiger charge is 2.37. The molecule has 0 atom stereocenters. The molecule has 0 unspecified atom stereocenters. The van der Waals surface area contributed by atoms with E-state index in [1.54, 1.807) is 20.8 Å². The van der Waals surface area contributed by atoms with Crippen molar-refractivity contribution in [2.24, 2.45) is 0 Å². The van der Waals surface area contributed by atoms with Crippen molar-refractivity contribution in [1.29, 1.82) is 0 Å². The number of hydrogen-bond acceptors (Lipinski definition) is 2.